The summed E-state index contributed by atoms with van der Waals surface area (Å²) in [6.45, 7) is 7.39. The molecule has 0 spiro atoms. The molecule has 0 aromatic carbocycles. The maximum atomic E-state index is 12.4. The minimum absolute atomic E-state index is 0.166. The first kappa shape index (κ1) is 16.9. The minimum atomic E-state index is -1.29. The number of carbonyl (C=O) groups excluding carboxylic acids is 1. The summed E-state index contributed by atoms with van der Waals surface area (Å²) in [6.07, 6.45) is 4.12. The van der Waals surface area contributed by atoms with Gasteiger partial charge in [0.15, 0.2) is 5.65 Å². The molecule has 0 bridgehead atoms. The van der Waals surface area contributed by atoms with Crippen molar-refractivity contribution in [3.63, 3.8) is 0 Å². The van der Waals surface area contributed by atoms with Gasteiger partial charge in [-0.2, -0.15) is 5.10 Å². The number of fused-ring (bicyclic) bond motifs is 1. The van der Waals surface area contributed by atoms with Crippen LogP contribution in [0.25, 0.3) is 11.0 Å². The highest BCUT2D eigenvalue weighted by molar-refractivity contribution is 5.99. The number of amides is 1. The monoisotopic (exact) mass is 318 g/mol. The summed E-state index contributed by atoms with van der Waals surface area (Å²) in [5, 5.41) is 17.0. The van der Waals surface area contributed by atoms with Gasteiger partial charge in [0, 0.05) is 17.6 Å². The largest absolute Gasteiger partial charge is 0.480 e. The molecule has 2 aromatic rings. The molecule has 0 aliphatic heterocycles. The Kier molecular flexibility index (Phi) is 4.68. The first-order valence-corrected chi connectivity index (χ1v) is 7.67. The van der Waals surface area contributed by atoms with Crippen molar-refractivity contribution in [3.05, 3.63) is 24.0 Å². The summed E-state index contributed by atoms with van der Waals surface area (Å²) in [7, 11) is 0. The number of aliphatic carboxylic acids is 1. The zero-order valence-electron chi connectivity index (χ0n) is 13.8. The van der Waals surface area contributed by atoms with Gasteiger partial charge in [-0.1, -0.05) is 13.3 Å². The third-order valence-electron chi connectivity index (χ3n) is 3.80. The van der Waals surface area contributed by atoms with Crippen LogP contribution in [0.4, 0.5) is 0 Å². The normalized spacial score (nSPS) is 14.0. The van der Waals surface area contributed by atoms with Crippen molar-refractivity contribution in [3.8, 4) is 0 Å². The predicted octanol–water partition coefficient (Wildman–Crippen LogP) is 2.39. The summed E-state index contributed by atoms with van der Waals surface area (Å²) in [5.41, 5.74) is -0.265. The maximum Gasteiger partial charge on any atom is 0.329 e. The zero-order valence-corrected chi connectivity index (χ0v) is 13.8. The van der Waals surface area contributed by atoms with Crippen LogP contribution in [0, 0.1) is 0 Å². The molecule has 1 unspecified atom stereocenters. The van der Waals surface area contributed by atoms with Crippen LogP contribution < -0.4 is 5.32 Å². The fraction of sp³-hybridized carbons (Fsp3) is 0.500. The Morgan fingerprint density at radius 3 is 2.65 bits per heavy atom. The Hall–Kier alpha value is -2.44. The van der Waals surface area contributed by atoms with Gasteiger partial charge < -0.3 is 10.4 Å². The highest BCUT2D eigenvalue weighted by Gasteiger charge is 2.34. The molecular weight excluding hydrogens is 296 g/mol. The van der Waals surface area contributed by atoms with E-state index < -0.39 is 17.4 Å². The summed E-state index contributed by atoms with van der Waals surface area (Å²) in [6, 6.07) is 1.84. The van der Waals surface area contributed by atoms with E-state index in [9.17, 15) is 14.7 Å². The molecule has 2 N–H and O–H groups in total. The van der Waals surface area contributed by atoms with E-state index in [0.717, 1.165) is 5.39 Å². The second-order valence-electron chi connectivity index (χ2n) is 6.16. The molecule has 7 heteroatoms. The highest BCUT2D eigenvalue weighted by atomic mass is 16.4. The summed E-state index contributed by atoms with van der Waals surface area (Å²) in [4.78, 5) is 28.1. The number of nitrogens with zero attached hydrogens (tertiary/aromatic N) is 3. The van der Waals surface area contributed by atoms with Gasteiger partial charge >= 0.3 is 5.97 Å². The van der Waals surface area contributed by atoms with Gasteiger partial charge in [-0.25, -0.2) is 14.5 Å². The Labute approximate surface area is 134 Å². The van der Waals surface area contributed by atoms with E-state index in [1.54, 1.807) is 16.9 Å². The highest BCUT2D eigenvalue weighted by Crippen LogP contribution is 2.18. The van der Waals surface area contributed by atoms with E-state index in [1.807, 2.05) is 20.8 Å². The fourth-order valence-electron chi connectivity index (χ4n) is 2.49. The third kappa shape index (κ3) is 3.33. The lowest BCUT2D eigenvalue weighted by molar-refractivity contribution is -0.144. The quantitative estimate of drug-likeness (QED) is 0.852. The SMILES string of the molecule is CCCC(C)(NC(=O)c1cnc2c(cnn2C(C)C)c1)C(=O)O. The molecule has 0 fully saturated rings. The lowest BCUT2D eigenvalue weighted by atomic mass is 9.96. The molecule has 1 amide bonds. The first-order chi connectivity index (χ1) is 10.8. The van der Waals surface area contributed by atoms with E-state index in [-0.39, 0.29) is 6.04 Å². The van der Waals surface area contributed by atoms with Crippen LogP contribution in [0.5, 0.6) is 0 Å². The minimum Gasteiger partial charge on any atom is -0.480 e. The average molecular weight is 318 g/mol. The Morgan fingerprint density at radius 1 is 1.39 bits per heavy atom. The van der Waals surface area contributed by atoms with Crippen molar-refractivity contribution in [1.29, 1.82) is 0 Å². The predicted molar refractivity (Wildman–Crippen MR) is 86.3 cm³/mol. The molecule has 7 nitrogen and oxygen atoms in total. The number of pyridine rings is 1. The molecule has 0 radical (unpaired) electrons. The van der Waals surface area contributed by atoms with Crippen molar-refractivity contribution in [1.82, 2.24) is 20.1 Å². The molecular formula is C16H22N4O3. The lowest BCUT2D eigenvalue weighted by Gasteiger charge is -2.25. The lowest BCUT2D eigenvalue weighted by Crippen LogP contribution is -2.52. The van der Waals surface area contributed by atoms with Gasteiger partial charge in [-0.15, -0.1) is 0 Å². The second kappa shape index (κ2) is 6.36. The molecule has 2 rings (SSSR count). The Bertz CT molecular complexity index is 738. The Balaban J connectivity index is 2.29. The van der Waals surface area contributed by atoms with Crippen LogP contribution in [-0.4, -0.2) is 37.3 Å². The molecule has 2 heterocycles. The van der Waals surface area contributed by atoms with Crippen LogP contribution in [0.1, 0.15) is 56.9 Å². The molecule has 0 aliphatic rings. The number of rotatable bonds is 6. The van der Waals surface area contributed by atoms with Crippen LogP contribution in [-0.2, 0) is 4.79 Å². The fourth-order valence-corrected chi connectivity index (χ4v) is 2.49. The number of hydrogen-bond acceptors (Lipinski definition) is 4. The van der Waals surface area contributed by atoms with Gasteiger partial charge in [-0.05, 0) is 33.3 Å². The molecule has 0 saturated carbocycles. The van der Waals surface area contributed by atoms with Gasteiger partial charge in [0.05, 0.1) is 11.8 Å². The first-order valence-electron chi connectivity index (χ1n) is 7.67. The average Bonchev–Trinajstić information content (AvgIpc) is 2.90. The summed E-state index contributed by atoms with van der Waals surface area (Å²) >= 11 is 0. The Morgan fingerprint density at radius 2 is 2.09 bits per heavy atom. The van der Waals surface area contributed by atoms with Gasteiger partial charge in [0.25, 0.3) is 5.91 Å². The zero-order chi connectivity index (χ0) is 17.2. The topological polar surface area (TPSA) is 97.1 Å². The standard InChI is InChI=1S/C16H22N4O3/c1-5-6-16(4,15(22)23)19-14(21)12-7-11-9-18-20(10(2)3)13(11)17-8-12/h7-10H,5-6H2,1-4H3,(H,19,21)(H,22,23). The van der Waals surface area contributed by atoms with Crippen molar-refractivity contribution >= 4 is 22.9 Å². The maximum absolute atomic E-state index is 12.4. The number of carboxylic acids is 1. The van der Waals surface area contributed by atoms with Crippen molar-refractivity contribution in [2.45, 2.75) is 52.1 Å². The number of carbonyl (C=O) groups is 2. The molecule has 124 valence electrons. The smallest absolute Gasteiger partial charge is 0.329 e. The van der Waals surface area contributed by atoms with E-state index in [1.165, 1.54) is 13.1 Å². The third-order valence-corrected chi connectivity index (χ3v) is 3.80. The van der Waals surface area contributed by atoms with Crippen LogP contribution in [0.2, 0.25) is 0 Å². The number of hydrogen-bond donors (Lipinski definition) is 2. The van der Waals surface area contributed by atoms with E-state index in [2.05, 4.69) is 15.4 Å². The summed E-state index contributed by atoms with van der Waals surface area (Å²) in [5.74, 6) is -1.50. The van der Waals surface area contributed by atoms with Crippen molar-refractivity contribution in [2.75, 3.05) is 0 Å². The molecule has 23 heavy (non-hydrogen) atoms. The number of nitrogens with one attached hydrogen (secondary N) is 1. The van der Waals surface area contributed by atoms with Crippen molar-refractivity contribution < 1.29 is 14.7 Å². The van der Waals surface area contributed by atoms with Crippen LogP contribution in [0.15, 0.2) is 18.5 Å². The van der Waals surface area contributed by atoms with Crippen LogP contribution in [0.3, 0.4) is 0 Å². The van der Waals surface area contributed by atoms with Gasteiger partial charge in [0.2, 0.25) is 0 Å². The molecule has 1 atom stereocenters. The van der Waals surface area contributed by atoms with E-state index in [0.29, 0.717) is 24.1 Å². The van der Waals surface area contributed by atoms with E-state index >= 15 is 0 Å². The number of aromatic nitrogens is 3. The number of carboxylic acid groups (broad SMARTS) is 1. The van der Waals surface area contributed by atoms with E-state index in [4.69, 9.17) is 0 Å². The van der Waals surface area contributed by atoms with Crippen LogP contribution >= 0.6 is 0 Å². The molecule has 0 saturated heterocycles. The summed E-state index contributed by atoms with van der Waals surface area (Å²) < 4.78 is 1.77. The molecule has 0 aliphatic carbocycles. The second-order valence-corrected chi connectivity index (χ2v) is 6.16. The van der Waals surface area contributed by atoms with Crippen molar-refractivity contribution in [2.24, 2.45) is 0 Å². The van der Waals surface area contributed by atoms with Gasteiger partial charge in [0.1, 0.15) is 5.54 Å². The molecule has 2 aromatic heterocycles. The van der Waals surface area contributed by atoms with Gasteiger partial charge in [-0.3, -0.25) is 4.79 Å².